The zero-order chi connectivity index (χ0) is 13.7. The maximum absolute atomic E-state index is 9.51. The van der Waals surface area contributed by atoms with E-state index in [4.69, 9.17) is 0 Å². The second-order valence-electron chi connectivity index (χ2n) is 5.65. The standard InChI is InChI=1S/C17H27NO/c1-3-10-18(11-4-2)16-9-8-14-6-5-7-15(13-19)17(14)12-16/h5-7,16,19H,3-4,8-13H2,1-2H3/t16-/m1/s1. The van der Waals surface area contributed by atoms with E-state index in [1.165, 1.54) is 43.5 Å². The number of rotatable bonds is 6. The van der Waals surface area contributed by atoms with Crippen molar-refractivity contribution in [2.24, 2.45) is 0 Å². The van der Waals surface area contributed by atoms with E-state index in [1.807, 2.05) is 0 Å². The van der Waals surface area contributed by atoms with E-state index in [1.54, 1.807) is 0 Å². The summed E-state index contributed by atoms with van der Waals surface area (Å²) in [6.45, 7) is 7.11. The van der Waals surface area contributed by atoms with E-state index in [0.717, 1.165) is 18.4 Å². The second kappa shape index (κ2) is 7.06. The molecule has 0 aliphatic heterocycles. The number of hydrogen-bond acceptors (Lipinski definition) is 2. The van der Waals surface area contributed by atoms with Gasteiger partial charge in [0.2, 0.25) is 0 Å². The van der Waals surface area contributed by atoms with Gasteiger partial charge in [0.1, 0.15) is 0 Å². The Morgan fingerprint density at radius 1 is 1.21 bits per heavy atom. The van der Waals surface area contributed by atoms with Crippen molar-refractivity contribution in [1.29, 1.82) is 0 Å². The summed E-state index contributed by atoms with van der Waals surface area (Å²) in [5, 5.41) is 9.51. The van der Waals surface area contributed by atoms with Crippen molar-refractivity contribution in [3.8, 4) is 0 Å². The molecule has 1 aliphatic carbocycles. The lowest BCUT2D eigenvalue weighted by atomic mass is 9.84. The lowest BCUT2D eigenvalue weighted by Crippen LogP contribution is -2.40. The van der Waals surface area contributed by atoms with Gasteiger partial charge in [-0.05, 0) is 61.9 Å². The molecule has 1 aliphatic rings. The Bertz CT molecular complexity index is 382. The van der Waals surface area contributed by atoms with Crippen molar-refractivity contribution in [1.82, 2.24) is 4.90 Å². The number of benzene rings is 1. The smallest absolute Gasteiger partial charge is 0.0684 e. The van der Waals surface area contributed by atoms with E-state index < -0.39 is 0 Å². The molecule has 2 nitrogen and oxygen atoms in total. The Morgan fingerprint density at radius 2 is 1.95 bits per heavy atom. The van der Waals surface area contributed by atoms with Crippen molar-refractivity contribution in [2.45, 2.75) is 58.6 Å². The molecule has 0 heterocycles. The van der Waals surface area contributed by atoms with Gasteiger partial charge in [-0.25, -0.2) is 0 Å². The van der Waals surface area contributed by atoms with E-state index >= 15 is 0 Å². The predicted molar refractivity (Wildman–Crippen MR) is 80.3 cm³/mol. The molecule has 0 fully saturated rings. The quantitative estimate of drug-likeness (QED) is 0.850. The summed E-state index contributed by atoms with van der Waals surface area (Å²) in [5.41, 5.74) is 4.00. The van der Waals surface area contributed by atoms with Crippen LogP contribution >= 0.6 is 0 Å². The summed E-state index contributed by atoms with van der Waals surface area (Å²) < 4.78 is 0. The van der Waals surface area contributed by atoms with E-state index in [0.29, 0.717) is 6.04 Å². The number of aryl methyl sites for hydroxylation is 1. The van der Waals surface area contributed by atoms with Crippen LogP contribution < -0.4 is 0 Å². The molecule has 1 N–H and O–H groups in total. The van der Waals surface area contributed by atoms with Crippen molar-refractivity contribution < 1.29 is 5.11 Å². The SMILES string of the molecule is CCCN(CCC)[C@@H]1CCc2cccc(CO)c2C1. The van der Waals surface area contributed by atoms with Gasteiger partial charge < -0.3 is 10.0 Å². The summed E-state index contributed by atoms with van der Waals surface area (Å²) >= 11 is 0. The third-order valence-electron chi connectivity index (χ3n) is 4.27. The first-order chi connectivity index (χ1) is 9.30. The molecule has 1 aromatic rings. The van der Waals surface area contributed by atoms with Crippen molar-refractivity contribution in [3.63, 3.8) is 0 Å². The molecule has 106 valence electrons. The van der Waals surface area contributed by atoms with Crippen LogP contribution in [0.2, 0.25) is 0 Å². The van der Waals surface area contributed by atoms with Crippen LogP contribution in [0.3, 0.4) is 0 Å². The average molecular weight is 261 g/mol. The zero-order valence-corrected chi connectivity index (χ0v) is 12.4. The van der Waals surface area contributed by atoms with Gasteiger partial charge in [-0.2, -0.15) is 0 Å². The lowest BCUT2D eigenvalue weighted by Gasteiger charge is -2.35. The Kier molecular flexibility index (Phi) is 5.41. The minimum Gasteiger partial charge on any atom is -0.392 e. The fraction of sp³-hybridized carbons (Fsp3) is 0.647. The Labute approximate surface area is 117 Å². The Morgan fingerprint density at radius 3 is 2.58 bits per heavy atom. The summed E-state index contributed by atoms with van der Waals surface area (Å²) in [6, 6.07) is 7.06. The highest BCUT2D eigenvalue weighted by atomic mass is 16.3. The Balaban J connectivity index is 2.15. The Hall–Kier alpha value is -0.860. The van der Waals surface area contributed by atoms with Gasteiger partial charge in [-0.15, -0.1) is 0 Å². The average Bonchev–Trinajstić information content (AvgIpc) is 2.46. The van der Waals surface area contributed by atoms with Gasteiger partial charge in [0.25, 0.3) is 0 Å². The molecule has 2 rings (SSSR count). The molecule has 0 saturated carbocycles. The molecule has 0 amide bonds. The normalized spacial score (nSPS) is 18.6. The zero-order valence-electron chi connectivity index (χ0n) is 12.4. The van der Waals surface area contributed by atoms with Gasteiger partial charge in [-0.3, -0.25) is 0 Å². The lowest BCUT2D eigenvalue weighted by molar-refractivity contribution is 0.178. The van der Waals surface area contributed by atoms with Gasteiger partial charge in [0.05, 0.1) is 6.61 Å². The van der Waals surface area contributed by atoms with E-state index in [9.17, 15) is 5.11 Å². The van der Waals surface area contributed by atoms with Crippen LogP contribution in [0.4, 0.5) is 0 Å². The first-order valence-electron chi connectivity index (χ1n) is 7.74. The number of hydrogen-bond donors (Lipinski definition) is 1. The number of aliphatic hydroxyl groups excluding tert-OH is 1. The van der Waals surface area contributed by atoms with Crippen LogP contribution in [-0.4, -0.2) is 29.1 Å². The fourth-order valence-corrected chi connectivity index (χ4v) is 3.36. The molecule has 0 bridgehead atoms. The largest absolute Gasteiger partial charge is 0.392 e. The highest BCUT2D eigenvalue weighted by molar-refractivity contribution is 5.37. The molecule has 2 heteroatoms. The second-order valence-corrected chi connectivity index (χ2v) is 5.65. The molecule has 0 spiro atoms. The molecule has 1 atom stereocenters. The summed E-state index contributed by atoms with van der Waals surface area (Å²) in [4.78, 5) is 2.65. The number of aliphatic hydroxyl groups is 1. The van der Waals surface area contributed by atoms with Gasteiger partial charge in [-0.1, -0.05) is 32.0 Å². The van der Waals surface area contributed by atoms with Gasteiger partial charge in [0.15, 0.2) is 0 Å². The van der Waals surface area contributed by atoms with Gasteiger partial charge in [0, 0.05) is 6.04 Å². The maximum Gasteiger partial charge on any atom is 0.0684 e. The molecular weight excluding hydrogens is 234 g/mol. The molecule has 0 saturated heterocycles. The number of fused-ring (bicyclic) bond motifs is 1. The third kappa shape index (κ3) is 3.37. The minimum absolute atomic E-state index is 0.178. The predicted octanol–water partition coefficient (Wildman–Crippen LogP) is 3.16. The topological polar surface area (TPSA) is 23.5 Å². The first kappa shape index (κ1) is 14.5. The van der Waals surface area contributed by atoms with Crippen molar-refractivity contribution in [2.75, 3.05) is 13.1 Å². The minimum atomic E-state index is 0.178. The van der Waals surface area contributed by atoms with Crippen molar-refractivity contribution in [3.05, 3.63) is 34.9 Å². The van der Waals surface area contributed by atoms with Crippen LogP contribution in [0.1, 0.15) is 49.8 Å². The monoisotopic (exact) mass is 261 g/mol. The first-order valence-corrected chi connectivity index (χ1v) is 7.74. The summed E-state index contributed by atoms with van der Waals surface area (Å²) in [5.74, 6) is 0. The van der Waals surface area contributed by atoms with Crippen LogP contribution in [0.15, 0.2) is 18.2 Å². The molecular formula is C17H27NO. The van der Waals surface area contributed by atoms with E-state index in [2.05, 4.69) is 36.9 Å². The highest BCUT2D eigenvalue weighted by Crippen LogP contribution is 2.27. The highest BCUT2D eigenvalue weighted by Gasteiger charge is 2.24. The molecule has 0 unspecified atom stereocenters. The van der Waals surface area contributed by atoms with Crippen molar-refractivity contribution >= 4 is 0 Å². The fourth-order valence-electron chi connectivity index (χ4n) is 3.36. The molecule has 0 aromatic heterocycles. The summed E-state index contributed by atoms with van der Waals surface area (Å²) in [7, 11) is 0. The summed E-state index contributed by atoms with van der Waals surface area (Å²) in [6.07, 6.45) is 6.00. The van der Waals surface area contributed by atoms with Crippen LogP contribution in [0.25, 0.3) is 0 Å². The molecule has 0 radical (unpaired) electrons. The van der Waals surface area contributed by atoms with E-state index in [-0.39, 0.29) is 6.61 Å². The van der Waals surface area contributed by atoms with Crippen LogP contribution in [-0.2, 0) is 19.4 Å². The third-order valence-corrected chi connectivity index (χ3v) is 4.27. The van der Waals surface area contributed by atoms with Crippen LogP contribution in [0.5, 0.6) is 0 Å². The molecule has 19 heavy (non-hydrogen) atoms. The van der Waals surface area contributed by atoms with Gasteiger partial charge >= 0.3 is 0 Å². The molecule has 1 aromatic carbocycles. The number of nitrogens with zero attached hydrogens (tertiary/aromatic N) is 1. The maximum atomic E-state index is 9.51. The van der Waals surface area contributed by atoms with Crippen LogP contribution in [0, 0.1) is 0 Å².